The molecule has 0 fully saturated rings. The molecule has 66 valence electrons. The highest BCUT2D eigenvalue weighted by Crippen LogP contribution is 2.30. The van der Waals surface area contributed by atoms with E-state index in [0.29, 0.717) is 12.2 Å². The Bertz CT molecular complexity index is 396. The molecule has 2 aromatic heterocycles. The van der Waals surface area contributed by atoms with Crippen molar-refractivity contribution in [1.29, 1.82) is 0 Å². The van der Waals surface area contributed by atoms with Crippen LogP contribution in [0.3, 0.4) is 0 Å². The van der Waals surface area contributed by atoms with Gasteiger partial charge in [0.1, 0.15) is 5.00 Å². The molecule has 0 aliphatic rings. The molecule has 1 amide bonds. The lowest BCUT2D eigenvalue weighted by molar-refractivity contribution is -0.105. The van der Waals surface area contributed by atoms with E-state index in [-0.39, 0.29) is 0 Å². The molecule has 2 heterocycles. The van der Waals surface area contributed by atoms with Crippen LogP contribution in [-0.4, -0.2) is 16.6 Å². The summed E-state index contributed by atoms with van der Waals surface area (Å²) >= 11 is 1.41. The summed E-state index contributed by atoms with van der Waals surface area (Å²) in [6.45, 7) is 0. The predicted molar refractivity (Wildman–Crippen MR) is 47.3 cm³/mol. The van der Waals surface area contributed by atoms with E-state index in [4.69, 9.17) is 0 Å². The molecule has 0 aliphatic heterocycles. The number of aromatic nitrogens is 2. The smallest absolute Gasteiger partial charge is 0.214 e. The molecule has 6 heteroatoms. The molecule has 0 radical (unpaired) electrons. The molecule has 5 nitrogen and oxygen atoms in total. The van der Waals surface area contributed by atoms with Gasteiger partial charge < -0.3 is 9.84 Å². The fraction of sp³-hybridized carbons (Fsp3) is 0. The molecule has 0 bridgehead atoms. The quantitative estimate of drug-likeness (QED) is 0.751. The van der Waals surface area contributed by atoms with Crippen LogP contribution in [0, 0.1) is 0 Å². The third kappa shape index (κ3) is 1.43. The van der Waals surface area contributed by atoms with Gasteiger partial charge in [0.05, 0.1) is 5.56 Å². The van der Waals surface area contributed by atoms with Crippen molar-refractivity contribution in [3.05, 3.63) is 17.8 Å². The fourth-order valence-corrected chi connectivity index (χ4v) is 1.68. The molecule has 0 unspecified atom stereocenters. The molecule has 2 aromatic rings. The Hall–Kier alpha value is -1.69. The molecule has 0 spiro atoms. The maximum atomic E-state index is 10.2. The number of rotatable bonds is 3. The van der Waals surface area contributed by atoms with Gasteiger partial charge in [0, 0.05) is 0 Å². The summed E-state index contributed by atoms with van der Waals surface area (Å²) in [4.78, 5) is 14.1. The second-order valence-electron chi connectivity index (χ2n) is 2.18. The van der Waals surface area contributed by atoms with Crippen molar-refractivity contribution in [2.45, 2.75) is 0 Å². The summed E-state index contributed by atoms with van der Waals surface area (Å²) < 4.78 is 4.60. The third-order valence-electron chi connectivity index (χ3n) is 1.46. The molecule has 0 aliphatic carbocycles. The zero-order valence-corrected chi connectivity index (χ0v) is 7.25. The number of nitrogens with one attached hydrogen (secondary N) is 1. The van der Waals surface area contributed by atoms with E-state index in [1.165, 1.54) is 17.7 Å². The van der Waals surface area contributed by atoms with Gasteiger partial charge in [-0.3, -0.25) is 4.79 Å². The molecule has 0 saturated carbocycles. The average Bonchev–Trinajstić information content (AvgIpc) is 2.71. The van der Waals surface area contributed by atoms with Crippen molar-refractivity contribution >= 4 is 22.7 Å². The first-order valence-corrected chi connectivity index (χ1v) is 4.34. The van der Waals surface area contributed by atoms with Crippen LogP contribution in [0.5, 0.6) is 0 Å². The second-order valence-corrected chi connectivity index (χ2v) is 3.10. The van der Waals surface area contributed by atoms with Gasteiger partial charge in [-0.1, -0.05) is 5.16 Å². The van der Waals surface area contributed by atoms with Gasteiger partial charge in [-0.05, 0) is 11.4 Å². The Balaban J connectivity index is 2.40. The van der Waals surface area contributed by atoms with Crippen LogP contribution in [0.2, 0.25) is 0 Å². The van der Waals surface area contributed by atoms with Crippen molar-refractivity contribution in [3.8, 4) is 11.4 Å². The van der Waals surface area contributed by atoms with E-state index in [1.54, 1.807) is 0 Å². The highest BCUT2D eigenvalue weighted by molar-refractivity contribution is 7.15. The van der Waals surface area contributed by atoms with E-state index >= 15 is 0 Å². The van der Waals surface area contributed by atoms with Crippen LogP contribution in [0.25, 0.3) is 11.4 Å². The van der Waals surface area contributed by atoms with Gasteiger partial charge in [0.2, 0.25) is 18.6 Å². The van der Waals surface area contributed by atoms with Gasteiger partial charge in [-0.2, -0.15) is 4.98 Å². The Morgan fingerprint density at radius 1 is 1.62 bits per heavy atom. The normalized spacial score (nSPS) is 9.85. The first kappa shape index (κ1) is 7.93. The maximum absolute atomic E-state index is 10.2. The summed E-state index contributed by atoms with van der Waals surface area (Å²) in [5.74, 6) is 0.477. The molecule has 0 atom stereocenters. The Morgan fingerprint density at radius 3 is 3.23 bits per heavy atom. The highest BCUT2D eigenvalue weighted by atomic mass is 32.1. The van der Waals surface area contributed by atoms with E-state index in [9.17, 15) is 4.79 Å². The number of hydrogen-bond acceptors (Lipinski definition) is 5. The molecule has 2 rings (SSSR count). The lowest BCUT2D eigenvalue weighted by atomic mass is 10.3. The largest absolute Gasteiger partial charge is 0.342 e. The predicted octanol–water partition coefficient (Wildman–Crippen LogP) is 1.37. The van der Waals surface area contributed by atoms with Gasteiger partial charge >= 0.3 is 0 Å². The number of carbonyl (C=O) groups is 1. The number of carbonyl (C=O) groups excluding carboxylic acids is 1. The number of anilines is 1. The summed E-state index contributed by atoms with van der Waals surface area (Å²) in [7, 11) is 0. The van der Waals surface area contributed by atoms with E-state index < -0.39 is 0 Å². The first-order chi connectivity index (χ1) is 6.42. The molecule has 1 N–H and O–H groups in total. The molecular weight excluding hydrogens is 190 g/mol. The Kier molecular flexibility index (Phi) is 2.05. The molecule has 0 saturated heterocycles. The third-order valence-corrected chi connectivity index (χ3v) is 2.30. The van der Waals surface area contributed by atoms with Crippen LogP contribution in [-0.2, 0) is 4.79 Å². The fourth-order valence-electron chi connectivity index (χ4n) is 0.940. The standard InChI is InChI=1S/C7H5N3O2S/c11-3-8-7-5(1-2-13-7)6-9-4-12-10-6/h1-4H,(H,8,11). The van der Waals surface area contributed by atoms with Crippen LogP contribution in [0.15, 0.2) is 22.4 Å². The lowest BCUT2D eigenvalue weighted by Gasteiger charge is -1.94. The monoisotopic (exact) mass is 195 g/mol. The second kappa shape index (κ2) is 3.36. The number of nitrogens with zero attached hydrogens (tertiary/aromatic N) is 2. The van der Waals surface area contributed by atoms with Crippen molar-refractivity contribution in [2.24, 2.45) is 0 Å². The first-order valence-electron chi connectivity index (χ1n) is 3.46. The van der Waals surface area contributed by atoms with Gasteiger partial charge in [-0.15, -0.1) is 11.3 Å². The molecular formula is C7H5N3O2S. The number of thiophene rings is 1. The lowest BCUT2D eigenvalue weighted by Crippen LogP contribution is -1.92. The topological polar surface area (TPSA) is 68.0 Å². The zero-order chi connectivity index (χ0) is 9.10. The van der Waals surface area contributed by atoms with Gasteiger partial charge in [0.15, 0.2) is 0 Å². The Labute approximate surface area is 77.4 Å². The zero-order valence-electron chi connectivity index (χ0n) is 6.43. The van der Waals surface area contributed by atoms with Gasteiger partial charge in [-0.25, -0.2) is 0 Å². The van der Waals surface area contributed by atoms with Crippen molar-refractivity contribution < 1.29 is 9.32 Å². The molecule has 0 aromatic carbocycles. The minimum absolute atomic E-state index is 0.477. The van der Waals surface area contributed by atoms with Crippen LogP contribution < -0.4 is 5.32 Å². The van der Waals surface area contributed by atoms with E-state index in [1.807, 2.05) is 11.4 Å². The maximum Gasteiger partial charge on any atom is 0.214 e. The summed E-state index contributed by atoms with van der Waals surface area (Å²) in [6.07, 6.45) is 1.87. The van der Waals surface area contributed by atoms with Crippen molar-refractivity contribution in [1.82, 2.24) is 10.1 Å². The van der Waals surface area contributed by atoms with Crippen LogP contribution in [0.1, 0.15) is 0 Å². The van der Waals surface area contributed by atoms with Gasteiger partial charge in [0.25, 0.3) is 0 Å². The Morgan fingerprint density at radius 2 is 2.54 bits per heavy atom. The highest BCUT2D eigenvalue weighted by Gasteiger charge is 2.09. The van der Waals surface area contributed by atoms with Crippen LogP contribution in [0.4, 0.5) is 5.00 Å². The minimum Gasteiger partial charge on any atom is -0.342 e. The SMILES string of the molecule is O=CNc1sccc1-c1ncon1. The van der Waals surface area contributed by atoms with E-state index in [2.05, 4.69) is 20.0 Å². The minimum atomic E-state index is 0.477. The summed E-state index contributed by atoms with van der Waals surface area (Å²) in [5.41, 5.74) is 0.769. The summed E-state index contributed by atoms with van der Waals surface area (Å²) in [6, 6.07) is 1.82. The van der Waals surface area contributed by atoms with Crippen LogP contribution >= 0.6 is 11.3 Å². The summed E-state index contributed by atoms with van der Waals surface area (Å²) in [5, 5.41) is 8.79. The van der Waals surface area contributed by atoms with Crippen molar-refractivity contribution in [3.63, 3.8) is 0 Å². The average molecular weight is 195 g/mol. The van der Waals surface area contributed by atoms with E-state index in [0.717, 1.165) is 10.6 Å². The number of hydrogen-bond donors (Lipinski definition) is 1. The van der Waals surface area contributed by atoms with Crippen molar-refractivity contribution in [2.75, 3.05) is 5.32 Å². The molecule has 13 heavy (non-hydrogen) atoms. The number of amides is 1.